The van der Waals surface area contributed by atoms with Crippen molar-refractivity contribution in [3.05, 3.63) is 46.0 Å². The van der Waals surface area contributed by atoms with Gasteiger partial charge in [-0.2, -0.15) is 0 Å². The van der Waals surface area contributed by atoms with E-state index in [1.165, 1.54) is 0 Å². The van der Waals surface area contributed by atoms with Gasteiger partial charge in [0.15, 0.2) is 0 Å². The fraction of sp³-hybridized carbons (Fsp3) is 0.357. The highest BCUT2D eigenvalue weighted by Gasteiger charge is 2.17. The molecule has 6 heteroatoms. The van der Waals surface area contributed by atoms with Crippen molar-refractivity contribution in [2.45, 2.75) is 13.5 Å². The number of nitrogens with zero attached hydrogens (tertiary/aromatic N) is 3. The molecule has 0 atom stereocenters. The van der Waals surface area contributed by atoms with Crippen LogP contribution in [0.15, 0.2) is 29.2 Å². The highest BCUT2D eigenvalue weighted by Crippen LogP contribution is 2.05. The van der Waals surface area contributed by atoms with Crippen molar-refractivity contribution in [1.82, 2.24) is 19.6 Å². The lowest BCUT2D eigenvalue weighted by Crippen LogP contribution is -2.47. The van der Waals surface area contributed by atoms with E-state index in [2.05, 4.69) is 10.3 Å². The Kier molecular flexibility index (Phi) is 3.23. The SMILES string of the molecule is Cc1ccc2nc(CN3CCNC(=O)C3)cc(=O)n2c1. The molecule has 1 N–H and O–H groups in total. The van der Waals surface area contributed by atoms with Gasteiger partial charge in [0, 0.05) is 31.9 Å². The standard InChI is InChI=1S/C14H16N4O2/c1-10-2-3-12-16-11(6-14(20)18(12)7-10)8-17-5-4-15-13(19)9-17/h2-3,6-7H,4-5,8-9H2,1H3,(H,15,19). The third kappa shape index (κ3) is 2.55. The number of piperazine rings is 1. The lowest BCUT2D eigenvalue weighted by atomic mass is 10.3. The predicted octanol–water partition coefficient (Wildman–Crippen LogP) is -0.0653. The fourth-order valence-electron chi connectivity index (χ4n) is 2.39. The van der Waals surface area contributed by atoms with Gasteiger partial charge in [0.2, 0.25) is 5.91 Å². The van der Waals surface area contributed by atoms with Gasteiger partial charge in [-0.25, -0.2) is 4.98 Å². The van der Waals surface area contributed by atoms with E-state index in [4.69, 9.17) is 0 Å². The number of amides is 1. The Bertz CT molecular complexity index is 723. The first kappa shape index (κ1) is 12.8. The van der Waals surface area contributed by atoms with E-state index in [1.807, 2.05) is 24.0 Å². The summed E-state index contributed by atoms with van der Waals surface area (Å²) < 4.78 is 1.54. The van der Waals surface area contributed by atoms with Crippen molar-refractivity contribution < 1.29 is 4.79 Å². The second-order valence-corrected chi connectivity index (χ2v) is 5.08. The molecule has 1 amide bonds. The summed E-state index contributed by atoms with van der Waals surface area (Å²) in [5.74, 6) is 0.0179. The van der Waals surface area contributed by atoms with E-state index >= 15 is 0 Å². The number of hydrogen-bond acceptors (Lipinski definition) is 4. The molecule has 3 heterocycles. The smallest absolute Gasteiger partial charge is 0.258 e. The van der Waals surface area contributed by atoms with Gasteiger partial charge in [-0.05, 0) is 18.6 Å². The highest BCUT2D eigenvalue weighted by atomic mass is 16.2. The Labute approximate surface area is 116 Å². The number of aryl methyl sites for hydroxylation is 1. The molecule has 3 rings (SSSR count). The second kappa shape index (κ2) is 5.05. The maximum absolute atomic E-state index is 12.1. The molecule has 1 saturated heterocycles. The molecular formula is C14H16N4O2. The van der Waals surface area contributed by atoms with Crippen molar-refractivity contribution in [1.29, 1.82) is 0 Å². The van der Waals surface area contributed by atoms with Gasteiger partial charge in [0.25, 0.3) is 5.56 Å². The van der Waals surface area contributed by atoms with Crippen molar-refractivity contribution >= 4 is 11.6 Å². The number of carbonyl (C=O) groups excluding carboxylic acids is 1. The lowest BCUT2D eigenvalue weighted by Gasteiger charge is -2.25. The Morgan fingerprint density at radius 2 is 2.20 bits per heavy atom. The lowest BCUT2D eigenvalue weighted by molar-refractivity contribution is -0.124. The summed E-state index contributed by atoms with van der Waals surface area (Å²) in [5.41, 5.74) is 2.27. The Morgan fingerprint density at radius 1 is 1.35 bits per heavy atom. The second-order valence-electron chi connectivity index (χ2n) is 5.08. The zero-order chi connectivity index (χ0) is 14.1. The normalized spacial score (nSPS) is 16.4. The van der Waals surface area contributed by atoms with Crippen LogP contribution in [0.25, 0.3) is 5.65 Å². The van der Waals surface area contributed by atoms with Gasteiger partial charge in [-0.15, -0.1) is 0 Å². The van der Waals surface area contributed by atoms with Crippen LogP contribution >= 0.6 is 0 Å². The van der Waals surface area contributed by atoms with E-state index in [9.17, 15) is 9.59 Å². The van der Waals surface area contributed by atoms with Crippen LogP contribution in [0.5, 0.6) is 0 Å². The third-order valence-electron chi connectivity index (χ3n) is 3.36. The van der Waals surface area contributed by atoms with Gasteiger partial charge in [-0.1, -0.05) is 6.07 Å². The molecule has 0 bridgehead atoms. The zero-order valence-corrected chi connectivity index (χ0v) is 11.3. The van der Waals surface area contributed by atoms with Gasteiger partial charge >= 0.3 is 0 Å². The van der Waals surface area contributed by atoms with Crippen LogP contribution in [0.2, 0.25) is 0 Å². The van der Waals surface area contributed by atoms with Crippen LogP contribution in [0.4, 0.5) is 0 Å². The molecule has 2 aromatic heterocycles. The molecule has 1 aliphatic heterocycles. The molecule has 0 spiro atoms. The minimum Gasteiger partial charge on any atom is -0.354 e. The minimum atomic E-state index is -0.0878. The van der Waals surface area contributed by atoms with Crippen LogP contribution in [-0.4, -0.2) is 39.8 Å². The number of rotatable bonds is 2. The van der Waals surface area contributed by atoms with Crippen molar-refractivity contribution in [3.8, 4) is 0 Å². The van der Waals surface area contributed by atoms with E-state index in [0.717, 1.165) is 12.1 Å². The molecule has 6 nitrogen and oxygen atoms in total. The number of hydrogen-bond donors (Lipinski definition) is 1. The first-order valence-electron chi connectivity index (χ1n) is 6.60. The number of aromatic nitrogens is 2. The van der Waals surface area contributed by atoms with Crippen LogP contribution in [0, 0.1) is 6.92 Å². The van der Waals surface area contributed by atoms with Crippen molar-refractivity contribution in [2.75, 3.05) is 19.6 Å². The summed E-state index contributed by atoms with van der Waals surface area (Å²) in [5, 5.41) is 2.78. The molecule has 0 unspecified atom stereocenters. The number of carbonyl (C=O) groups is 1. The van der Waals surface area contributed by atoms with E-state index in [-0.39, 0.29) is 11.5 Å². The highest BCUT2D eigenvalue weighted by molar-refractivity contribution is 5.78. The van der Waals surface area contributed by atoms with Crippen LogP contribution in [-0.2, 0) is 11.3 Å². The van der Waals surface area contributed by atoms with E-state index in [0.29, 0.717) is 31.0 Å². The van der Waals surface area contributed by atoms with Gasteiger partial charge in [0.1, 0.15) is 5.65 Å². The van der Waals surface area contributed by atoms with Gasteiger partial charge in [-0.3, -0.25) is 18.9 Å². The maximum atomic E-state index is 12.1. The van der Waals surface area contributed by atoms with Crippen LogP contribution in [0.3, 0.4) is 0 Å². The molecule has 0 radical (unpaired) electrons. The van der Waals surface area contributed by atoms with Gasteiger partial charge < -0.3 is 5.32 Å². The van der Waals surface area contributed by atoms with E-state index < -0.39 is 0 Å². The van der Waals surface area contributed by atoms with Crippen molar-refractivity contribution in [2.24, 2.45) is 0 Å². The monoisotopic (exact) mass is 272 g/mol. The molecule has 0 saturated carbocycles. The molecule has 1 aliphatic rings. The average Bonchev–Trinajstić information content (AvgIpc) is 2.40. The Hall–Kier alpha value is -2.21. The first-order valence-corrected chi connectivity index (χ1v) is 6.60. The average molecular weight is 272 g/mol. The quantitative estimate of drug-likeness (QED) is 0.831. The first-order chi connectivity index (χ1) is 9.61. The minimum absolute atomic E-state index is 0.0179. The number of fused-ring (bicyclic) bond motifs is 1. The predicted molar refractivity (Wildman–Crippen MR) is 74.5 cm³/mol. The maximum Gasteiger partial charge on any atom is 0.258 e. The molecule has 0 aromatic carbocycles. The number of nitrogens with one attached hydrogen (secondary N) is 1. The summed E-state index contributed by atoms with van der Waals surface area (Å²) in [7, 11) is 0. The molecule has 104 valence electrons. The summed E-state index contributed by atoms with van der Waals surface area (Å²) in [6.07, 6.45) is 1.78. The fourth-order valence-corrected chi connectivity index (χ4v) is 2.39. The summed E-state index contributed by atoms with van der Waals surface area (Å²) in [6.45, 7) is 4.24. The Morgan fingerprint density at radius 3 is 3.00 bits per heavy atom. The summed E-state index contributed by atoms with van der Waals surface area (Å²) in [6, 6.07) is 5.31. The van der Waals surface area contributed by atoms with E-state index in [1.54, 1.807) is 16.7 Å². The zero-order valence-electron chi connectivity index (χ0n) is 11.3. The molecular weight excluding hydrogens is 256 g/mol. The van der Waals surface area contributed by atoms with Gasteiger partial charge in [0.05, 0.1) is 12.2 Å². The summed E-state index contributed by atoms with van der Waals surface area (Å²) in [4.78, 5) is 29.9. The molecule has 0 aliphatic carbocycles. The largest absolute Gasteiger partial charge is 0.354 e. The molecule has 20 heavy (non-hydrogen) atoms. The van der Waals surface area contributed by atoms with Crippen LogP contribution < -0.4 is 10.9 Å². The van der Waals surface area contributed by atoms with Crippen molar-refractivity contribution in [3.63, 3.8) is 0 Å². The third-order valence-corrected chi connectivity index (χ3v) is 3.36. The summed E-state index contributed by atoms with van der Waals surface area (Å²) >= 11 is 0. The molecule has 2 aromatic rings. The molecule has 1 fully saturated rings. The van der Waals surface area contributed by atoms with Crippen LogP contribution in [0.1, 0.15) is 11.3 Å². The number of pyridine rings is 1. The Balaban J connectivity index is 1.91. The topological polar surface area (TPSA) is 66.7 Å².